The van der Waals surface area contributed by atoms with Crippen molar-refractivity contribution in [1.29, 1.82) is 0 Å². The fourth-order valence-corrected chi connectivity index (χ4v) is 3.48. The van der Waals surface area contributed by atoms with Gasteiger partial charge in [-0.3, -0.25) is 9.59 Å². The Bertz CT molecular complexity index is 591. The van der Waals surface area contributed by atoms with E-state index >= 15 is 0 Å². The van der Waals surface area contributed by atoms with Crippen molar-refractivity contribution in [1.82, 2.24) is 10.2 Å². The molecule has 2 aliphatic rings. The van der Waals surface area contributed by atoms with Gasteiger partial charge in [-0.1, -0.05) is 6.07 Å². The molecule has 0 aliphatic carbocycles. The molecule has 2 N–H and O–H groups in total. The number of likely N-dealkylation sites (tertiary alicyclic amines) is 1. The zero-order valence-electron chi connectivity index (χ0n) is 13.4. The van der Waals surface area contributed by atoms with Gasteiger partial charge in [0.2, 0.25) is 5.91 Å². The average molecular weight is 338 g/mol. The largest absolute Gasteiger partial charge is 0.385 e. The molecule has 1 aromatic rings. The molecule has 1 unspecified atom stereocenters. The molecule has 0 radical (unpaired) electrons. The van der Waals surface area contributed by atoms with Crippen LogP contribution < -0.4 is 10.6 Å². The van der Waals surface area contributed by atoms with Crippen LogP contribution in [0.5, 0.6) is 0 Å². The highest BCUT2D eigenvalue weighted by molar-refractivity contribution is 6.00. The monoisotopic (exact) mass is 337 g/mol. The summed E-state index contributed by atoms with van der Waals surface area (Å²) in [6.07, 6.45) is 4.67. The number of likely N-dealkylation sites (N-methyl/N-ethyl adjacent to an activating group) is 1. The highest BCUT2D eigenvalue weighted by atomic mass is 35.5. The minimum Gasteiger partial charge on any atom is -0.385 e. The van der Waals surface area contributed by atoms with E-state index in [-0.39, 0.29) is 30.3 Å². The minimum absolute atomic E-state index is 0. The third-order valence-corrected chi connectivity index (χ3v) is 4.64. The Hall–Kier alpha value is -1.75. The fourth-order valence-electron chi connectivity index (χ4n) is 3.48. The summed E-state index contributed by atoms with van der Waals surface area (Å²) < 4.78 is 0. The molecule has 126 valence electrons. The van der Waals surface area contributed by atoms with Crippen LogP contribution in [0.25, 0.3) is 0 Å². The quantitative estimate of drug-likeness (QED) is 0.869. The lowest BCUT2D eigenvalue weighted by atomic mass is 9.94. The Morgan fingerprint density at radius 3 is 2.87 bits per heavy atom. The maximum Gasteiger partial charge on any atom is 0.254 e. The first-order valence-electron chi connectivity index (χ1n) is 8.10. The summed E-state index contributed by atoms with van der Waals surface area (Å²) >= 11 is 0. The second kappa shape index (κ2) is 7.68. The molecule has 0 bridgehead atoms. The molecule has 1 aromatic carbocycles. The average Bonchev–Trinajstić information content (AvgIpc) is 2.60. The Morgan fingerprint density at radius 1 is 1.26 bits per heavy atom. The molecule has 5 nitrogen and oxygen atoms in total. The number of carbonyl (C=O) groups excluding carboxylic acids is 2. The van der Waals surface area contributed by atoms with Crippen molar-refractivity contribution in [3.8, 4) is 0 Å². The molecular weight excluding hydrogens is 314 g/mol. The van der Waals surface area contributed by atoms with Crippen LogP contribution in [-0.2, 0) is 11.2 Å². The van der Waals surface area contributed by atoms with Crippen LogP contribution in [0.2, 0.25) is 0 Å². The van der Waals surface area contributed by atoms with Crippen LogP contribution in [0, 0.1) is 0 Å². The van der Waals surface area contributed by atoms with Gasteiger partial charge in [0.1, 0.15) is 6.04 Å². The van der Waals surface area contributed by atoms with Crippen LogP contribution >= 0.6 is 12.4 Å². The smallest absolute Gasteiger partial charge is 0.254 e. The number of rotatable bonds is 2. The Kier molecular flexibility index (Phi) is 5.88. The van der Waals surface area contributed by atoms with Gasteiger partial charge in [0.05, 0.1) is 0 Å². The Morgan fingerprint density at radius 2 is 2.09 bits per heavy atom. The third-order valence-electron chi connectivity index (χ3n) is 4.64. The number of carbonyl (C=O) groups is 2. The van der Waals surface area contributed by atoms with Gasteiger partial charge in [0.15, 0.2) is 0 Å². The number of amides is 2. The molecule has 1 saturated heterocycles. The molecule has 23 heavy (non-hydrogen) atoms. The van der Waals surface area contributed by atoms with Gasteiger partial charge >= 0.3 is 0 Å². The predicted molar refractivity (Wildman–Crippen MR) is 93.2 cm³/mol. The normalized spacial score (nSPS) is 19.9. The van der Waals surface area contributed by atoms with Crippen molar-refractivity contribution in [2.24, 2.45) is 0 Å². The lowest BCUT2D eigenvalue weighted by Gasteiger charge is -2.35. The molecule has 1 atom stereocenters. The molecule has 0 aromatic heterocycles. The van der Waals surface area contributed by atoms with E-state index in [1.54, 1.807) is 11.9 Å². The van der Waals surface area contributed by atoms with Crippen molar-refractivity contribution in [2.75, 3.05) is 25.5 Å². The summed E-state index contributed by atoms with van der Waals surface area (Å²) in [6, 6.07) is 5.50. The third kappa shape index (κ3) is 3.44. The molecule has 2 amide bonds. The van der Waals surface area contributed by atoms with Gasteiger partial charge in [0, 0.05) is 31.4 Å². The van der Waals surface area contributed by atoms with Crippen LogP contribution in [0.4, 0.5) is 5.69 Å². The van der Waals surface area contributed by atoms with E-state index in [0.29, 0.717) is 6.54 Å². The number of anilines is 1. The molecule has 3 rings (SSSR count). The zero-order chi connectivity index (χ0) is 15.5. The van der Waals surface area contributed by atoms with Crippen LogP contribution in [0.1, 0.15) is 41.6 Å². The van der Waals surface area contributed by atoms with E-state index < -0.39 is 0 Å². The van der Waals surface area contributed by atoms with Gasteiger partial charge < -0.3 is 15.5 Å². The topological polar surface area (TPSA) is 61.4 Å². The maximum atomic E-state index is 13.0. The number of fused-ring (bicyclic) bond motifs is 1. The van der Waals surface area contributed by atoms with E-state index in [4.69, 9.17) is 0 Å². The lowest BCUT2D eigenvalue weighted by Crippen LogP contribution is -2.51. The van der Waals surface area contributed by atoms with Gasteiger partial charge in [-0.2, -0.15) is 0 Å². The van der Waals surface area contributed by atoms with Crippen molar-refractivity contribution < 1.29 is 9.59 Å². The summed E-state index contributed by atoms with van der Waals surface area (Å²) in [7, 11) is 1.63. The first-order valence-corrected chi connectivity index (χ1v) is 8.10. The molecule has 1 fully saturated rings. The molecule has 0 saturated carbocycles. The lowest BCUT2D eigenvalue weighted by molar-refractivity contribution is -0.126. The summed E-state index contributed by atoms with van der Waals surface area (Å²) in [4.78, 5) is 26.9. The first-order chi connectivity index (χ1) is 10.7. The minimum atomic E-state index is -0.335. The molecule has 2 heterocycles. The van der Waals surface area contributed by atoms with Crippen molar-refractivity contribution >= 4 is 29.9 Å². The van der Waals surface area contributed by atoms with Crippen molar-refractivity contribution in [3.05, 3.63) is 29.3 Å². The number of nitrogens with one attached hydrogen (secondary N) is 2. The fraction of sp³-hybridized carbons (Fsp3) is 0.529. The first kappa shape index (κ1) is 17.6. The van der Waals surface area contributed by atoms with Gasteiger partial charge in [-0.05, 0) is 49.8 Å². The van der Waals surface area contributed by atoms with E-state index in [1.807, 2.05) is 18.2 Å². The second-order valence-corrected chi connectivity index (χ2v) is 5.99. The summed E-state index contributed by atoms with van der Waals surface area (Å²) in [5.74, 6) is -0.0650. The Balaban J connectivity index is 0.00000192. The SMILES string of the molecule is CNC(=O)C1CCCCN1C(=O)c1cccc2c1CCCN2.Cl. The Labute approximate surface area is 143 Å². The van der Waals surface area contributed by atoms with E-state index in [9.17, 15) is 9.59 Å². The second-order valence-electron chi connectivity index (χ2n) is 5.99. The van der Waals surface area contributed by atoms with E-state index in [2.05, 4.69) is 10.6 Å². The van der Waals surface area contributed by atoms with Crippen molar-refractivity contribution in [2.45, 2.75) is 38.1 Å². The number of nitrogens with zero attached hydrogens (tertiary/aromatic N) is 1. The van der Waals surface area contributed by atoms with Gasteiger partial charge in [-0.15, -0.1) is 12.4 Å². The van der Waals surface area contributed by atoms with Gasteiger partial charge in [-0.25, -0.2) is 0 Å². The summed E-state index contributed by atoms with van der Waals surface area (Å²) in [5, 5.41) is 6.04. The van der Waals surface area contributed by atoms with E-state index in [1.165, 1.54) is 0 Å². The number of benzene rings is 1. The molecule has 6 heteroatoms. The molecule has 2 aliphatic heterocycles. The number of piperidine rings is 1. The number of hydrogen-bond donors (Lipinski definition) is 2. The highest BCUT2D eigenvalue weighted by Crippen LogP contribution is 2.28. The summed E-state index contributed by atoms with van der Waals surface area (Å²) in [6.45, 7) is 1.61. The standard InChI is InChI=1S/C17H23N3O2.ClH/c1-18-16(21)15-9-2-3-11-20(15)17(22)13-6-4-8-14-12(13)7-5-10-19-14;/h4,6,8,15,19H,2-3,5,7,9-11H2,1H3,(H,18,21);1H. The predicted octanol–water partition coefficient (Wildman–Crippen LogP) is 2.21. The maximum absolute atomic E-state index is 13.0. The zero-order valence-corrected chi connectivity index (χ0v) is 14.2. The highest BCUT2D eigenvalue weighted by Gasteiger charge is 2.33. The molecule has 0 spiro atoms. The van der Waals surface area contributed by atoms with Crippen LogP contribution in [0.3, 0.4) is 0 Å². The number of hydrogen-bond acceptors (Lipinski definition) is 3. The van der Waals surface area contributed by atoms with Crippen LogP contribution in [0.15, 0.2) is 18.2 Å². The molecular formula is C17H24ClN3O2. The van der Waals surface area contributed by atoms with Crippen LogP contribution in [-0.4, -0.2) is 42.9 Å². The van der Waals surface area contributed by atoms with E-state index in [0.717, 1.165) is 55.5 Å². The van der Waals surface area contributed by atoms with Gasteiger partial charge in [0.25, 0.3) is 5.91 Å². The number of halogens is 1. The summed E-state index contributed by atoms with van der Waals surface area (Å²) in [5.41, 5.74) is 2.91. The van der Waals surface area contributed by atoms with Crippen molar-refractivity contribution in [3.63, 3.8) is 0 Å².